The fourth-order valence-corrected chi connectivity index (χ4v) is 15.4. The molecule has 4 aliphatic rings. The van der Waals surface area contributed by atoms with Gasteiger partial charge in [0.05, 0.1) is 10.8 Å². The predicted octanol–water partition coefficient (Wildman–Crippen LogP) is 18.4. The number of hydrogen-bond donors (Lipinski definition) is 0. The Morgan fingerprint density at radius 2 is 0.500 bits per heavy atom. The molecule has 0 amide bonds. The van der Waals surface area contributed by atoms with Crippen molar-refractivity contribution in [3.05, 3.63) is 287 Å². The quantitative estimate of drug-likeness (QED) is 0.152. The van der Waals surface area contributed by atoms with Gasteiger partial charge in [-0.05, 0) is 201 Å². The zero-order valence-corrected chi connectivity index (χ0v) is 39.1. The van der Waals surface area contributed by atoms with Gasteiger partial charge in [0, 0.05) is 0 Å². The van der Waals surface area contributed by atoms with Crippen LogP contribution in [0.3, 0.4) is 0 Å². The van der Waals surface area contributed by atoms with Crippen LogP contribution in [-0.2, 0) is 10.8 Å². The summed E-state index contributed by atoms with van der Waals surface area (Å²) in [5.41, 5.74) is 20.6. The summed E-state index contributed by atoms with van der Waals surface area (Å²) in [6, 6.07) is 93.5. The van der Waals surface area contributed by atoms with Crippen LogP contribution in [0.2, 0.25) is 0 Å². The van der Waals surface area contributed by atoms with Gasteiger partial charge in [0.2, 0.25) is 0 Å². The molecule has 0 heteroatoms. The largest absolute Gasteiger partial charge is 0.0726 e. The van der Waals surface area contributed by atoms with Gasteiger partial charge in [0.1, 0.15) is 0 Å². The van der Waals surface area contributed by atoms with Crippen LogP contribution >= 0.6 is 0 Å². The first-order valence-corrected chi connectivity index (χ1v) is 25.5. The fraction of sp³-hybridized carbons (Fsp3) is 0.0278. The fourth-order valence-electron chi connectivity index (χ4n) is 15.4. The van der Waals surface area contributed by atoms with Crippen LogP contribution in [0.1, 0.15) is 44.5 Å². The lowest BCUT2D eigenvalue weighted by atomic mass is 9.69. The van der Waals surface area contributed by atoms with E-state index in [9.17, 15) is 0 Å². The molecule has 0 saturated heterocycles. The first kappa shape index (κ1) is 37.8. The molecule has 0 atom stereocenters. The molecule has 14 aromatic rings. The molecule has 72 heavy (non-hydrogen) atoms. The maximum atomic E-state index is 2.58. The molecule has 0 N–H and O–H groups in total. The highest BCUT2D eigenvalue weighted by Crippen LogP contribution is 2.65. The van der Waals surface area contributed by atoms with Gasteiger partial charge < -0.3 is 0 Å². The minimum Gasteiger partial charge on any atom is -0.0619 e. The average molecular weight is 905 g/mol. The van der Waals surface area contributed by atoms with Crippen LogP contribution in [0, 0.1) is 0 Å². The molecule has 0 unspecified atom stereocenters. The number of rotatable bonds is 2. The summed E-state index contributed by atoms with van der Waals surface area (Å²) >= 11 is 0. The summed E-state index contributed by atoms with van der Waals surface area (Å²) < 4.78 is 0. The number of benzene rings is 14. The first-order chi connectivity index (χ1) is 35.7. The molecular weight excluding hydrogens is 865 g/mol. The van der Waals surface area contributed by atoms with Crippen molar-refractivity contribution in [3.63, 3.8) is 0 Å². The topological polar surface area (TPSA) is 0 Å². The molecule has 0 fully saturated rings. The smallest absolute Gasteiger partial charge is 0.0619 e. The Morgan fingerprint density at radius 3 is 0.903 bits per heavy atom. The summed E-state index contributed by atoms with van der Waals surface area (Å²) in [4.78, 5) is 0. The van der Waals surface area contributed by atoms with E-state index in [-0.39, 0.29) is 0 Å². The van der Waals surface area contributed by atoms with E-state index in [2.05, 4.69) is 243 Å². The Kier molecular flexibility index (Phi) is 6.82. The summed E-state index contributed by atoms with van der Waals surface area (Å²) in [5.74, 6) is 0. The highest BCUT2D eigenvalue weighted by Gasteiger charge is 2.52. The third-order valence-corrected chi connectivity index (χ3v) is 17.9. The zero-order valence-electron chi connectivity index (χ0n) is 39.1. The van der Waals surface area contributed by atoms with Gasteiger partial charge in [0.25, 0.3) is 0 Å². The van der Waals surface area contributed by atoms with E-state index in [0.29, 0.717) is 0 Å². The van der Waals surface area contributed by atoms with Gasteiger partial charge in [-0.1, -0.05) is 206 Å². The molecule has 0 radical (unpaired) electrons. The monoisotopic (exact) mass is 904 g/mol. The van der Waals surface area contributed by atoms with E-state index in [1.807, 2.05) is 0 Å². The molecule has 18 rings (SSSR count). The molecule has 0 heterocycles. The van der Waals surface area contributed by atoms with Gasteiger partial charge in [0.15, 0.2) is 0 Å². The minimum absolute atomic E-state index is 0.423. The Bertz CT molecular complexity index is 4470. The third-order valence-electron chi connectivity index (χ3n) is 17.9. The summed E-state index contributed by atoms with van der Waals surface area (Å²) in [6.07, 6.45) is 0. The molecule has 14 aromatic carbocycles. The first-order valence-electron chi connectivity index (χ1n) is 25.5. The zero-order chi connectivity index (χ0) is 46.6. The van der Waals surface area contributed by atoms with Crippen molar-refractivity contribution >= 4 is 75.4 Å². The Morgan fingerprint density at radius 1 is 0.181 bits per heavy atom. The SMILES string of the molecule is c1ccc2c(c1)-c1ccccc1C21c2cccc3ccc4cc(-c5cc6c7ccccc7c(-c7cc8c9c(ccc%10cccc(c%109)C89c8ccccc8-c8ccccc89)c7)cc6c6ccccc56)cc1c4c23. The van der Waals surface area contributed by atoms with E-state index >= 15 is 0 Å². The van der Waals surface area contributed by atoms with Crippen LogP contribution in [0.25, 0.3) is 120 Å². The molecule has 0 aliphatic heterocycles. The standard InChI is InChI=1S/C72H40/c1-3-19-49-47(17-1)55(45-35-43-33-31-41-15-13-29-63-67(41)69(43)65(37-45)71(63)59-25-9-5-21-51(59)52-22-6-10-26-60(52)71)39-58-50-20-4-2-18-48(50)56(40-57(49)58)46-36-44-34-32-42-16-14-30-64-68(42)70(44)66(38-46)72(64)61-27-11-7-23-53(61)54-24-8-12-28-62(54)72/h1-40H. The average Bonchev–Trinajstić information content (AvgIpc) is 4.14. The van der Waals surface area contributed by atoms with Crippen LogP contribution in [-0.4, -0.2) is 0 Å². The Balaban J connectivity index is 0.911. The van der Waals surface area contributed by atoms with Crippen molar-refractivity contribution in [2.24, 2.45) is 0 Å². The highest BCUT2D eigenvalue weighted by molar-refractivity contribution is 6.26. The molecule has 4 aliphatic carbocycles. The van der Waals surface area contributed by atoms with Gasteiger partial charge >= 0.3 is 0 Å². The lowest BCUT2D eigenvalue weighted by Crippen LogP contribution is -2.26. The van der Waals surface area contributed by atoms with Crippen molar-refractivity contribution in [3.8, 4) is 44.5 Å². The van der Waals surface area contributed by atoms with E-state index < -0.39 is 10.8 Å². The molecule has 328 valence electrons. The predicted molar refractivity (Wildman–Crippen MR) is 302 cm³/mol. The van der Waals surface area contributed by atoms with E-state index in [4.69, 9.17) is 0 Å². The van der Waals surface area contributed by atoms with Gasteiger partial charge in [-0.2, -0.15) is 0 Å². The summed E-state index contributed by atoms with van der Waals surface area (Å²) in [7, 11) is 0. The molecular formula is C72H40. The minimum atomic E-state index is -0.423. The van der Waals surface area contributed by atoms with Crippen molar-refractivity contribution in [1.82, 2.24) is 0 Å². The van der Waals surface area contributed by atoms with Crippen molar-refractivity contribution in [2.75, 3.05) is 0 Å². The maximum Gasteiger partial charge on any atom is 0.0726 e. The maximum absolute atomic E-state index is 2.58. The highest BCUT2D eigenvalue weighted by atomic mass is 14.5. The Hall–Kier alpha value is -9.10. The lowest BCUT2D eigenvalue weighted by Gasteiger charge is -2.31. The molecule has 0 bridgehead atoms. The lowest BCUT2D eigenvalue weighted by molar-refractivity contribution is 0.797. The van der Waals surface area contributed by atoms with Crippen LogP contribution in [0.5, 0.6) is 0 Å². The molecule has 0 saturated carbocycles. The van der Waals surface area contributed by atoms with Crippen LogP contribution < -0.4 is 0 Å². The molecule has 0 nitrogen and oxygen atoms in total. The van der Waals surface area contributed by atoms with Gasteiger partial charge in [-0.3, -0.25) is 0 Å². The van der Waals surface area contributed by atoms with Crippen molar-refractivity contribution < 1.29 is 0 Å². The molecule has 0 aromatic heterocycles. The van der Waals surface area contributed by atoms with Gasteiger partial charge in [-0.25, -0.2) is 0 Å². The van der Waals surface area contributed by atoms with Crippen LogP contribution in [0.4, 0.5) is 0 Å². The second-order valence-electron chi connectivity index (χ2n) is 20.9. The third kappa shape index (κ3) is 4.24. The normalized spacial score (nSPS) is 14.6. The second-order valence-corrected chi connectivity index (χ2v) is 20.9. The summed E-state index contributed by atoms with van der Waals surface area (Å²) in [6.45, 7) is 0. The summed E-state index contributed by atoms with van der Waals surface area (Å²) in [5, 5.41) is 18.4. The van der Waals surface area contributed by atoms with Gasteiger partial charge in [-0.15, -0.1) is 0 Å². The van der Waals surface area contributed by atoms with Crippen molar-refractivity contribution in [1.29, 1.82) is 0 Å². The van der Waals surface area contributed by atoms with E-state index in [1.54, 1.807) is 0 Å². The number of hydrogen-bond acceptors (Lipinski definition) is 0. The van der Waals surface area contributed by atoms with E-state index in [1.165, 1.54) is 164 Å². The van der Waals surface area contributed by atoms with Crippen molar-refractivity contribution in [2.45, 2.75) is 10.8 Å². The Labute approximate surface area is 415 Å². The van der Waals surface area contributed by atoms with E-state index in [0.717, 1.165) is 0 Å². The molecule has 2 spiro atoms. The van der Waals surface area contributed by atoms with Crippen LogP contribution in [0.15, 0.2) is 243 Å². The number of fused-ring (bicyclic) bond motifs is 19. The second kappa shape index (κ2) is 13.0.